The Balaban J connectivity index is 1.62. The van der Waals surface area contributed by atoms with Gasteiger partial charge >= 0.3 is 0 Å². The number of nitrogens with one attached hydrogen (secondary N) is 1. The lowest BCUT2D eigenvalue weighted by Crippen LogP contribution is -2.52. The number of anilines is 1. The van der Waals surface area contributed by atoms with Crippen molar-refractivity contribution in [2.24, 2.45) is 5.73 Å². The van der Waals surface area contributed by atoms with Gasteiger partial charge in [-0.25, -0.2) is 9.67 Å². The van der Waals surface area contributed by atoms with Crippen LogP contribution in [0.2, 0.25) is 0 Å². The fourth-order valence-electron chi connectivity index (χ4n) is 2.86. The first-order valence-electron chi connectivity index (χ1n) is 7.67. The van der Waals surface area contributed by atoms with Crippen LogP contribution in [0.15, 0.2) is 36.9 Å². The maximum absolute atomic E-state index is 12.4. The lowest BCUT2D eigenvalue weighted by molar-refractivity contribution is -0.122. The number of aromatic nitrogens is 3. The first kappa shape index (κ1) is 14.7. The van der Waals surface area contributed by atoms with E-state index in [1.54, 1.807) is 11.0 Å². The first-order chi connectivity index (χ1) is 10.7. The van der Waals surface area contributed by atoms with Crippen LogP contribution in [0.3, 0.4) is 0 Å². The lowest BCUT2D eigenvalue weighted by atomic mass is 9.82. The molecule has 1 amide bonds. The van der Waals surface area contributed by atoms with E-state index < -0.39 is 5.54 Å². The Labute approximate surface area is 129 Å². The molecule has 1 aromatic carbocycles. The number of nitrogens with two attached hydrogens (primary N) is 1. The van der Waals surface area contributed by atoms with Crippen LogP contribution in [-0.2, 0) is 11.3 Å². The molecule has 1 aromatic heterocycles. The maximum atomic E-state index is 12.4. The second kappa shape index (κ2) is 6.27. The molecule has 0 saturated heterocycles. The summed E-state index contributed by atoms with van der Waals surface area (Å²) in [4.78, 5) is 16.3. The Bertz CT molecular complexity index is 614. The van der Waals surface area contributed by atoms with Crippen LogP contribution in [0.25, 0.3) is 0 Å². The Kier molecular flexibility index (Phi) is 4.20. The average molecular weight is 299 g/mol. The standard InChI is InChI=1S/C16H21N5O/c17-16(8-2-1-3-9-16)15(22)20-14-6-4-13(5-7-14)10-21-12-18-11-19-21/h4-7,11-12H,1-3,8-10,17H2,(H,20,22). The molecule has 6 heteroatoms. The van der Waals surface area contributed by atoms with Gasteiger partial charge in [0.25, 0.3) is 0 Å². The highest BCUT2D eigenvalue weighted by atomic mass is 16.2. The third kappa shape index (κ3) is 3.33. The zero-order chi connectivity index (χ0) is 15.4. The molecule has 0 spiro atoms. The summed E-state index contributed by atoms with van der Waals surface area (Å²) in [5.41, 5.74) is 7.41. The summed E-state index contributed by atoms with van der Waals surface area (Å²) in [7, 11) is 0. The molecule has 1 aliphatic rings. The molecule has 3 N–H and O–H groups in total. The van der Waals surface area contributed by atoms with Crippen LogP contribution in [-0.4, -0.2) is 26.2 Å². The molecule has 116 valence electrons. The number of nitrogens with zero attached hydrogens (tertiary/aromatic N) is 3. The highest BCUT2D eigenvalue weighted by Gasteiger charge is 2.35. The minimum atomic E-state index is -0.711. The second-order valence-electron chi connectivity index (χ2n) is 5.96. The molecule has 0 unspecified atom stereocenters. The molecular weight excluding hydrogens is 278 g/mol. The van der Waals surface area contributed by atoms with Crippen molar-refractivity contribution in [2.45, 2.75) is 44.2 Å². The zero-order valence-corrected chi connectivity index (χ0v) is 12.5. The number of rotatable bonds is 4. The second-order valence-corrected chi connectivity index (χ2v) is 5.96. The van der Waals surface area contributed by atoms with Crippen LogP contribution in [0.1, 0.15) is 37.7 Å². The minimum absolute atomic E-state index is 0.0729. The van der Waals surface area contributed by atoms with Gasteiger partial charge in [0.05, 0.1) is 12.1 Å². The van der Waals surface area contributed by atoms with Gasteiger partial charge < -0.3 is 11.1 Å². The Morgan fingerprint density at radius 3 is 2.59 bits per heavy atom. The number of hydrogen-bond acceptors (Lipinski definition) is 4. The van der Waals surface area contributed by atoms with E-state index >= 15 is 0 Å². The molecule has 0 atom stereocenters. The van der Waals surface area contributed by atoms with E-state index in [1.165, 1.54) is 12.7 Å². The average Bonchev–Trinajstić information content (AvgIpc) is 3.03. The Morgan fingerprint density at radius 1 is 1.23 bits per heavy atom. The molecule has 0 radical (unpaired) electrons. The summed E-state index contributed by atoms with van der Waals surface area (Å²) in [5, 5.41) is 7.01. The normalized spacial score (nSPS) is 17.1. The zero-order valence-electron chi connectivity index (χ0n) is 12.5. The third-order valence-corrected chi connectivity index (χ3v) is 4.22. The van der Waals surface area contributed by atoms with Gasteiger partial charge in [-0.2, -0.15) is 5.10 Å². The van der Waals surface area contributed by atoms with Gasteiger partial charge in [-0.05, 0) is 30.5 Å². The van der Waals surface area contributed by atoms with Crippen LogP contribution in [0, 0.1) is 0 Å². The van der Waals surface area contributed by atoms with Gasteiger partial charge in [-0.3, -0.25) is 4.79 Å². The van der Waals surface area contributed by atoms with Crippen LogP contribution >= 0.6 is 0 Å². The van der Waals surface area contributed by atoms with Crippen LogP contribution < -0.4 is 11.1 Å². The van der Waals surface area contributed by atoms with Crippen LogP contribution in [0.4, 0.5) is 5.69 Å². The fourth-order valence-corrected chi connectivity index (χ4v) is 2.86. The van der Waals surface area contributed by atoms with E-state index in [0.717, 1.165) is 36.9 Å². The third-order valence-electron chi connectivity index (χ3n) is 4.22. The van der Waals surface area contributed by atoms with Crippen molar-refractivity contribution in [3.63, 3.8) is 0 Å². The van der Waals surface area contributed by atoms with E-state index in [4.69, 9.17) is 5.73 Å². The van der Waals surface area contributed by atoms with Crippen molar-refractivity contribution in [1.29, 1.82) is 0 Å². The van der Waals surface area contributed by atoms with Crippen molar-refractivity contribution in [3.05, 3.63) is 42.5 Å². The van der Waals surface area contributed by atoms with E-state index in [0.29, 0.717) is 6.54 Å². The summed E-state index contributed by atoms with van der Waals surface area (Å²) in [6.45, 7) is 0.662. The summed E-state index contributed by atoms with van der Waals surface area (Å²) < 4.78 is 1.75. The molecule has 3 rings (SSSR count). The summed E-state index contributed by atoms with van der Waals surface area (Å²) in [6.07, 6.45) is 7.95. The topological polar surface area (TPSA) is 85.8 Å². The van der Waals surface area contributed by atoms with Gasteiger partial charge in [0.2, 0.25) is 5.91 Å². The molecule has 1 saturated carbocycles. The van der Waals surface area contributed by atoms with E-state index in [1.807, 2.05) is 24.3 Å². The van der Waals surface area contributed by atoms with Gasteiger partial charge in [0.15, 0.2) is 0 Å². The number of carbonyl (C=O) groups excluding carboxylic acids is 1. The molecule has 0 aliphatic heterocycles. The predicted octanol–water partition coefficient (Wildman–Crippen LogP) is 1.93. The largest absolute Gasteiger partial charge is 0.324 e. The number of hydrogen-bond donors (Lipinski definition) is 2. The quantitative estimate of drug-likeness (QED) is 0.903. The van der Waals surface area contributed by atoms with Crippen molar-refractivity contribution >= 4 is 11.6 Å². The van der Waals surface area contributed by atoms with Gasteiger partial charge in [-0.1, -0.05) is 31.4 Å². The van der Waals surface area contributed by atoms with Gasteiger partial charge in [0.1, 0.15) is 12.7 Å². The molecule has 1 fully saturated rings. The molecule has 1 aliphatic carbocycles. The highest BCUT2D eigenvalue weighted by molar-refractivity contribution is 5.98. The molecule has 1 heterocycles. The number of amides is 1. The molecule has 0 bridgehead atoms. The van der Waals surface area contributed by atoms with E-state index in [2.05, 4.69) is 15.4 Å². The Morgan fingerprint density at radius 2 is 1.95 bits per heavy atom. The molecular formula is C16H21N5O. The number of benzene rings is 1. The highest BCUT2D eigenvalue weighted by Crippen LogP contribution is 2.27. The SMILES string of the molecule is NC1(C(=O)Nc2ccc(Cn3cncn3)cc2)CCCCC1. The lowest BCUT2D eigenvalue weighted by Gasteiger charge is -2.31. The maximum Gasteiger partial charge on any atom is 0.244 e. The van der Waals surface area contributed by atoms with Crippen molar-refractivity contribution in [1.82, 2.24) is 14.8 Å². The predicted molar refractivity (Wildman–Crippen MR) is 84.2 cm³/mol. The molecule has 22 heavy (non-hydrogen) atoms. The molecule has 2 aromatic rings. The van der Waals surface area contributed by atoms with Gasteiger partial charge in [0, 0.05) is 5.69 Å². The summed E-state index contributed by atoms with van der Waals surface area (Å²) >= 11 is 0. The first-order valence-corrected chi connectivity index (χ1v) is 7.67. The van der Waals surface area contributed by atoms with Crippen LogP contribution in [0.5, 0.6) is 0 Å². The van der Waals surface area contributed by atoms with Crippen molar-refractivity contribution in [3.8, 4) is 0 Å². The van der Waals surface area contributed by atoms with E-state index in [-0.39, 0.29) is 5.91 Å². The smallest absolute Gasteiger partial charge is 0.244 e. The Hall–Kier alpha value is -2.21. The number of carbonyl (C=O) groups is 1. The van der Waals surface area contributed by atoms with Crippen molar-refractivity contribution < 1.29 is 4.79 Å². The van der Waals surface area contributed by atoms with Gasteiger partial charge in [-0.15, -0.1) is 0 Å². The minimum Gasteiger partial charge on any atom is -0.324 e. The monoisotopic (exact) mass is 299 g/mol. The molecule has 6 nitrogen and oxygen atoms in total. The van der Waals surface area contributed by atoms with E-state index in [9.17, 15) is 4.79 Å². The summed E-state index contributed by atoms with van der Waals surface area (Å²) in [6, 6.07) is 7.75. The fraction of sp³-hybridized carbons (Fsp3) is 0.438. The summed E-state index contributed by atoms with van der Waals surface area (Å²) in [5.74, 6) is -0.0729. The van der Waals surface area contributed by atoms with Crippen molar-refractivity contribution in [2.75, 3.05) is 5.32 Å².